The average Bonchev–Trinajstić information content (AvgIpc) is 2.55. The standard InChI is InChI=1S/C20H22ClNO3/c1-20(2)12-17(16-11-15(24-3)8-9-18(16)25-20)22-19(23)10-13-4-6-14(21)7-5-13/h4-9,11,17H,10,12H2,1-3H3,(H,22,23). The molecular weight excluding hydrogens is 338 g/mol. The molecular formula is C20H22ClNO3. The Labute approximate surface area is 153 Å². The van der Waals surface area contributed by atoms with Gasteiger partial charge in [-0.2, -0.15) is 0 Å². The molecule has 0 bridgehead atoms. The third-order valence-electron chi connectivity index (χ3n) is 4.29. The second-order valence-electron chi connectivity index (χ2n) is 6.89. The zero-order valence-corrected chi connectivity index (χ0v) is 15.4. The summed E-state index contributed by atoms with van der Waals surface area (Å²) in [6.45, 7) is 4.05. The van der Waals surface area contributed by atoms with Gasteiger partial charge in [0.05, 0.1) is 19.6 Å². The Hall–Kier alpha value is -2.20. The van der Waals surface area contributed by atoms with Crippen LogP contribution in [0, 0.1) is 0 Å². The maximum absolute atomic E-state index is 12.5. The Morgan fingerprint density at radius 2 is 2.00 bits per heavy atom. The molecule has 3 rings (SSSR count). The molecule has 0 saturated carbocycles. The van der Waals surface area contributed by atoms with Gasteiger partial charge in [-0.15, -0.1) is 0 Å². The molecule has 25 heavy (non-hydrogen) atoms. The number of nitrogens with one attached hydrogen (secondary N) is 1. The predicted octanol–water partition coefficient (Wildman–Crippen LogP) is 4.31. The lowest BCUT2D eigenvalue weighted by Gasteiger charge is -2.38. The van der Waals surface area contributed by atoms with Gasteiger partial charge in [-0.25, -0.2) is 0 Å². The minimum absolute atomic E-state index is 0.0289. The lowest BCUT2D eigenvalue weighted by molar-refractivity contribution is -0.121. The summed E-state index contributed by atoms with van der Waals surface area (Å²) >= 11 is 5.89. The minimum atomic E-state index is -0.347. The molecule has 1 unspecified atom stereocenters. The van der Waals surface area contributed by atoms with E-state index in [1.165, 1.54) is 0 Å². The van der Waals surface area contributed by atoms with Gasteiger partial charge >= 0.3 is 0 Å². The maximum Gasteiger partial charge on any atom is 0.224 e. The Morgan fingerprint density at radius 3 is 2.68 bits per heavy atom. The van der Waals surface area contributed by atoms with Crippen molar-refractivity contribution in [3.63, 3.8) is 0 Å². The fourth-order valence-corrected chi connectivity index (χ4v) is 3.25. The molecule has 1 N–H and O–H groups in total. The first-order chi connectivity index (χ1) is 11.9. The topological polar surface area (TPSA) is 47.6 Å². The highest BCUT2D eigenvalue weighted by Gasteiger charge is 2.34. The van der Waals surface area contributed by atoms with Gasteiger partial charge in [-0.3, -0.25) is 4.79 Å². The molecule has 0 aliphatic carbocycles. The van der Waals surface area contributed by atoms with E-state index >= 15 is 0 Å². The number of benzene rings is 2. The molecule has 2 aromatic rings. The van der Waals surface area contributed by atoms with E-state index in [0.29, 0.717) is 17.9 Å². The molecule has 1 heterocycles. The normalized spacial score (nSPS) is 18.0. The highest BCUT2D eigenvalue weighted by molar-refractivity contribution is 6.30. The molecule has 0 radical (unpaired) electrons. The van der Waals surface area contributed by atoms with Crippen molar-refractivity contribution in [3.05, 3.63) is 58.6 Å². The lowest BCUT2D eigenvalue weighted by Crippen LogP contribution is -2.41. The van der Waals surface area contributed by atoms with Crippen LogP contribution in [0.1, 0.15) is 37.4 Å². The Morgan fingerprint density at radius 1 is 1.28 bits per heavy atom. The van der Waals surface area contributed by atoms with Crippen LogP contribution in [0.25, 0.3) is 0 Å². The molecule has 0 spiro atoms. The van der Waals surface area contributed by atoms with Crippen LogP contribution in [0.5, 0.6) is 11.5 Å². The molecule has 0 fully saturated rings. The summed E-state index contributed by atoms with van der Waals surface area (Å²) in [5, 5.41) is 3.80. The van der Waals surface area contributed by atoms with Crippen LogP contribution < -0.4 is 14.8 Å². The fourth-order valence-electron chi connectivity index (χ4n) is 3.12. The Kier molecular flexibility index (Phi) is 4.91. The van der Waals surface area contributed by atoms with Crippen LogP contribution in [0.15, 0.2) is 42.5 Å². The number of carbonyl (C=O) groups is 1. The van der Waals surface area contributed by atoms with E-state index in [4.69, 9.17) is 21.1 Å². The quantitative estimate of drug-likeness (QED) is 0.884. The number of rotatable bonds is 4. The second kappa shape index (κ2) is 6.96. The van der Waals surface area contributed by atoms with Crippen LogP contribution in [0.4, 0.5) is 0 Å². The summed E-state index contributed by atoms with van der Waals surface area (Å²) in [4.78, 5) is 12.5. The van der Waals surface area contributed by atoms with E-state index in [2.05, 4.69) is 5.32 Å². The summed E-state index contributed by atoms with van der Waals surface area (Å²) < 4.78 is 11.4. The minimum Gasteiger partial charge on any atom is -0.497 e. The van der Waals surface area contributed by atoms with E-state index in [9.17, 15) is 4.79 Å². The molecule has 1 amide bonds. The molecule has 4 nitrogen and oxygen atoms in total. The fraction of sp³-hybridized carbons (Fsp3) is 0.350. The van der Waals surface area contributed by atoms with Gasteiger partial charge in [0.1, 0.15) is 17.1 Å². The third kappa shape index (κ3) is 4.26. The number of hydrogen-bond donors (Lipinski definition) is 1. The maximum atomic E-state index is 12.5. The van der Waals surface area contributed by atoms with Crippen molar-refractivity contribution in [1.82, 2.24) is 5.32 Å². The molecule has 132 valence electrons. The number of carbonyl (C=O) groups excluding carboxylic acids is 1. The van der Waals surface area contributed by atoms with Gasteiger partial charge < -0.3 is 14.8 Å². The van der Waals surface area contributed by atoms with Crippen molar-refractivity contribution >= 4 is 17.5 Å². The van der Waals surface area contributed by atoms with Crippen LogP contribution in [0.2, 0.25) is 5.02 Å². The van der Waals surface area contributed by atoms with Crippen LogP contribution in [-0.2, 0) is 11.2 Å². The summed E-state index contributed by atoms with van der Waals surface area (Å²) in [5.74, 6) is 1.51. The number of halogens is 1. The first kappa shape index (κ1) is 17.6. The van der Waals surface area contributed by atoms with E-state index in [1.54, 1.807) is 19.2 Å². The van der Waals surface area contributed by atoms with Crippen molar-refractivity contribution in [2.24, 2.45) is 0 Å². The second-order valence-corrected chi connectivity index (χ2v) is 7.33. The largest absolute Gasteiger partial charge is 0.497 e. The number of ether oxygens (including phenoxy) is 2. The molecule has 1 aliphatic rings. The van der Waals surface area contributed by atoms with Crippen LogP contribution in [-0.4, -0.2) is 18.6 Å². The van der Waals surface area contributed by atoms with Gasteiger partial charge in [0.15, 0.2) is 0 Å². The summed E-state index contributed by atoms with van der Waals surface area (Å²) in [7, 11) is 1.63. The molecule has 0 aromatic heterocycles. The SMILES string of the molecule is COc1ccc2c(c1)C(NC(=O)Cc1ccc(Cl)cc1)CC(C)(C)O2. The molecule has 0 saturated heterocycles. The van der Waals surface area contributed by atoms with E-state index < -0.39 is 0 Å². The Balaban J connectivity index is 1.79. The third-order valence-corrected chi connectivity index (χ3v) is 4.54. The van der Waals surface area contributed by atoms with Gasteiger partial charge in [0.25, 0.3) is 0 Å². The summed E-state index contributed by atoms with van der Waals surface area (Å²) in [6, 6.07) is 12.9. The number of fused-ring (bicyclic) bond motifs is 1. The van der Waals surface area contributed by atoms with E-state index in [-0.39, 0.29) is 17.6 Å². The first-order valence-electron chi connectivity index (χ1n) is 8.27. The number of methoxy groups -OCH3 is 1. The van der Waals surface area contributed by atoms with Gasteiger partial charge in [0, 0.05) is 17.0 Å². The molecule has 2 aromatic carbocycles. The van der Waals surface area contributed by atoms with Crippen molar-refractivity contribution in [1.29, 1.82) is 0 Å². The van der Waals surface area contributed by atoms with Crippen molar-refractivity contribution in [2.75, 3.05) is 7.11 Å². The number of hydrogen-bond acceptors (Lipinski definition) is 3. The summed E-state index contributed by atoms with van der Waals surface area (Å²) in [6.07, 6.45) is 1.01. The van der Waals surface area contributed by atoms with Crippen molar-refractivity contribution in [3.8, 4) is 11.5 Å². The van der Waals surface area contributed by atoms with Crippen molar-refractivity contribution in [2.45, 2.75) is 38.3 Å². The zero-order chi connectivity index (χ0) is 18.0. The predicted molar refractivity (Wildman–Crippen MR) is 98.4 cm³/mol. The van der Waals surface area contributed by atoms with Gasteiger partial charge in [-0.05, 0) is 49.7 Å². The summed E-state index contributed by atoms with van der Waals surface area (Å²) in [5.41, 5.74) is 1.53. The monoisotopic (exact) mass is 359 g/mol. The van der Waals surface area contributed by atoms with Crippen LogP contribution >= 0.6 is 11.6 Å². The molecule has 5 heteroatoms. The van der Waals surface area contributed by atoms with Gasteiger partial charge in [0.2, 0.25) is 5.91 Å². The molecule has 1 atom stereocenters. The average molecular weight is 360 g/mol. The molecule has 1 aliphatic heterocycles. The lowest BCUT2D eigenvalue weighted by atomic mass is 9.89. The van der Waals surface area contributed by atoms with E-state index in [0.717, 1.165) is 22.6 Å². The van der Waals surface area contributed by atoms with Gasteiger partial charge in [-0.1, -0.05) is 23.7 Å². The first-order valence-corrected chi connectivity index (χ1v) is 8.65. The smallest absolute Gasteiger partial charge is 0.224 e. The Bertz CT molecular complexity index is 771. The van der Waals surface area contributed by atoms with E-state index in [1.807, 2.05) is 44.2 Å². The van der Waals surface area contributed by atoms with Crippen LogP contribution in [0.3, 0.4) is 0 Å². The highest BCUT2D eigenvalue weighted by atomic mass is 35.5. The number of amides is 1. The van der Waals surface area contributed by atoms with Crippen molar-refractivity contribution < 1.29 is 14.3 Å². The highest BCUT2D eigenvalue weighted by Crippen LogP contribution is 2.41. The zero-order valence-electron chi connectivity index (χ0n) is 14.6.